The molecule has 1 aromatic carbocycles. The minimum absolute atomic E-state index is 0.0641. The number of nitrogens with zero attached hydrogens (tertiary/aromatic N) is 2. The summed E-state index contributed by atoms with van der Waals surface area (Å²) in [5.74, 6) is 0.615. The van der Waals surface area contributed by atoms with Crippen LogP contribution in [0.2, 0.25) is 0 Å². The second-order valence-electron chi connectivity index (χ2n) is 6.53. The summed E-state index contributed by atoms with van der Waals surface area (Å²) in [6.07, 6.45) is 4.91. The highest BCUT2D eigenvalue weighted by atomic mass is 32.2. The molecule has 0 saturated carbocycles. The fourth-order valence-corrected chi connectivity index (χ4v) is 4.27. The lowest BCUT2D eigenvalue weighted by Crippen LogP contribution is -2.43. The van der Waals surface area contributed by atoms with E-state index in [1.807, 2.05) is 0 Å². The van der Waals surface area contributed by atoms with Gasteiger partial charge >= 0.3 is 0 Å². The van der Waals surface area contributed by atoms with E-state index in [-0.39, 0.29) is 16.7 Å². The summed E-state index contributed by atoms with van der Waals surface area (Å²) in [5, 5.41) is 0. The number of benzene rings is 1. The maximum atomic E-state index is 12.6. The van der Waals surface area contributed by atoms with Crippen molar-refractivity contribution in [3.63, 3.8) is 0 Å². The molecule has 1 aliphatic rings. The van der Waals surface area contributed by atoms with Crippen LogP contribution in [0, 0.1) is 5.92 Å². The molecular formula is C19H23N3O4S. The second-order valence-corrected chi connectivity index (χ2v) is 8.30. The first kappa shape index (κ1) is 19.3. The SMILES string of the molecule is COc1ccc(S(=O)(=O)NC[C@H]2CCCN(C(=O)c3cccnc3)C2)cc1. The smallest absolute Gasteiger partial charge is 0.255 e. The Hall–Kier alpha value is -2.45. The number of carbonyl (C=O) groups is 1. The molecule has 0 bridgehead atoms. The summed E-state index contributed by atoms with van der Waals surface area (Å²) in [4.78, 5) is 18.5. The lowest BCUT2D eigenvalue weighted by Gasteiger charge is -2.32. The molecule has 2 heterocycles. The molecule has 1 N–H and O–H groups in total. The zero-order valence-corrected chi connectivity index (χ0v) is 16.0. The molecule has 1 aliphatic heterocycles. The van der Waals surface area contributed by atoms with Gasteiger partial charge in [0.15, 0.2) is 0 Å². The number of hydrogen-bond donors (Lipinski definition) is 1. The van der Waals surface area contributed by atoms with Crippen LogP contribution in [0.5, 0.6) is 5.75 Å². The predicted molar refractivity (Wildman–Crippen MR) is 101 cm³/mol. The fraction of sp³-hybridized carbons (Fsp3) is 0.368. The minimum atomic E-state index is -3.59. The van der Waals surface area contributed by atoms with Crippen LogP contribution in [0.1, 0.15) is 23.2 Å². The first-order chi connectivity index (χ1) is 13.0. The van der Waals surface area contributed by atoms with E-state index in [4.69, 9.17) is 4.74 Å². The molecule has 3 rings (SSSR count). The Labute approximate surface area is 159 Å². The number of aromatic nitrogens is 1. The molecule has 144 valence electrons. The molecule has 8 heteroatoms. The van der Waals surface area contributed by atoms with Gasteiger partial charge in [0.05, 0.1) is 17.6 Å². The molecule has 1 atom stereocenters. The molecule has 7 nitrogen and oxygen atoms in total. The molecule has 0 unspecified atom stereocenters. The van der Waals surface area contributed by atoms with Crippen molar-refractivity contribution in [2.45, 2.75) is 17.7 Å². The van der Waals surface area contributed by atoms with E-state index >= 15 is 0 Å². The van der Waals surface area contributed by atoms with Crippen molar-refractivity contribution in [3.05, 3.63) is 54.4 Å². The van der Waals surface area contributed by atoms with Crippen LogP contribution in [-0.2, 0) is 10.0 Å². The van der Waals surface area contributed by atoms with Gasteiger partial charge in [-0.3, -0.25) is 9.78 Å². The van der Waals surface area contributed by atoms with Gasteiger partial charge in [0.2, 0.25) is 10.0 Å². The molecule has 27 heavy (non-hydrogen) atoms. The van der Waals surface area contributed by atoms with Gasteiger partial charge in [-0.2, -0.15) is 0 Å². The number of nitrogens with one attached hydrogen (secondary N) is 1. The van der Waals surface area contributed by atoms with Gasteiger partial charge in [-0.15, -0.1) is 0 Å². The van der Waals surface area contributed by atoms with Crippen LogP contribution in [0.15, 0.2) is 53.7 Å². The standard InChI is InChI=1S/C19H23N3O4S/c1-26-17-6-8-18(9-7-17)27(24,25)21-12-15-4-3-11-22(14-15)19(23)16-5-2-10-20-13-16/h2,5-10,13,15,21H,3-4,11-12,14H2,1H3/t15-/m1/s1. The summed E-state index contributed by atoms with van der Waals surface area (Å²) >= 11 is 0. The van der Waals surface area contributed by atoms with Gasteiger partial charge in [0.25, 0.3) is 5.91 Å². The minimum Gasteiger partial charge on any atom is -0.497 e. The van der Waals surface area contributed by atoms with Crippen molar-refractivity contribution in [1.82, 2.24) is 14.6 Å². The van der Waals surface area contributed by atoms with E-state index in [2.05, 4.69) is 9.71 Å². The Morgan fingerprint density at radius 1 is 1.30 bits per heavy atom. The zero-order valence-electron chi connectivity index (χ0n) is 15.2. The normalized spacial score (nSPS) is 17.5. The van der Waals surface area contributed by atoms with Crippen molar-refractivity contribution < 1.29 is 17.9 Å². The summed E-state index contributed by atoms with van der Waals surface area (Å²) in [6, 6.07) is 9.73. The summed E-state index contributed by atoms with van der Waals surface area (Å²) in [7, 11) is -2.06. The Balaban J connectivity index is 1.59. The van der Waals surface area contributed by atoms with E-state index in [0.717, 1.165) is 12.8 Å². The fourth-order valence-electron chi connectivity index (χ4n) is 3.15. The largest absolute Gasteiger partial charge is 0.497 e. The quantitative estimate of drug-likeness (QED) is 0.815. The third kappa shape index (κ3) is 4.84. The summed E-state index contributed by atoms with van der Waals surface area (Å²) in [6.45, 7) is 1.50. The van der Waals surface area contributed by atoms with Gasteiger partial charge in [-0.25, -0.2) is 13.1 Å². The van der Waals surface area contributed by atoms with Crippen molar-refractivity contribution in [2.24, 2.45) is 5.92 Å². The summed E-state index contributed by atoms with van der Waals surface area (Å²) in [5.41, 5.74) is 0.553. The van der Waals surface area contributed by atoms with Crippen LogP contribution < -0.4 is 9.46 Å². The third-order valence-electron chi connectivity index (χ3n) is 4.65. The van der Waals surface area contributed by atoms with Gasteiger partial charge in [0, 0.05) is 32.0 Å². The van der Waals surface area contributed by atoms with Crippen LogP contribution in [0.4, 0.5) is 0 Å². The van der Waals surface area contributed by atoms with Gasteiger partial charge in [-0.1, -0.05) is 0 Å². The highest BCUT2D eigenvalue weighted by Crippen LogP contribution is 2.20. The van der Waals surface area contributed by atoms with Crippen LogP contribution in [0.3, 0.4) is 0 Å². The first-order valence-corrected chi connectivity index (χ1v) is 10.3. The topological polar surface area (TPSA) is 88.6 Å². The van der Waals surface area contributed by atoms with E-state index in [1.165, 1.54) is 19.2 Å². The number of amides is 1. The maximum Gasteiger partial charge on any atom is 0.255 e. The highest BCUT2D eigenvalue weighted by Gasteiger charge is 2.26. The number of piperidine rings is 1. The molecule has 1 fully saturated rings. The number of ether oxygens (including phenoxy) is 1. The molecule has 0 radical (unpaired) electrons. The van der Waals surface area contributed by atoms with Gasteiger partial charge < -0.3 is 9.64 Å². The molecule has 1 amide bonds. The van der Waals surface area contributed by atoms with E-state index in [9.17, 15) is 13.2 Å². The monoisotopic (exact) mass is 389 g/mol. The number of likely N-dealkylation sites (tertiary alicyclic amines) is 1. The molecule has 1 aromatic heterocycles. The molecule has 1 saturated heterocycles. The Kier molecular flexibility index (Phi) is 6.08. The summed E-state index contributed by atoms with van der Waals surface area (Å²) < 4.78 is 32.7. The number of sulfonamides is 1. The van der Waals surface area contributed by atoms with Crippen LogP contribution >= 0.6 is 0 Å². The van der Waals surface area contributed by atoms with Crippen molar-refractivity contribution in [1.29, 1.82) is 0 Å². The number of methoxy groups -OCH3 is 1. The van der Waals surface area contributed by atoms with Crippen LogP contribution in [-0.4, -0.2) is 51.0 Å². The molecule has 2 aromatic rings. The average Bonchev–Trinajstić information content (AvgIpc) is 2.72. The van der Waals surface area contributed by atoms with Crippen molar-refractivity contribution in [3.8, 4) is 5.75 Å². The van der Waals surface area contributed by atoms with Crippen molar-refractivity contribution in [2.75, 3.05) is 26.7 Å². The maximum absolute atomic E-state index is 12.6. The molecular weight excluding hydrogens is 366 g/mol. The van der Waals surface area contributed by atoms with Gasteiger partial charge in [-0.05, 0) is 55.2 Å². The first-order valence-electron chi connectivity index (χ1n) is 8.82. The molecule has 0 spiro atoms. The number of hydrogen-bond acceptors (Lipinski definition) is 5. The Morgan fingerprint density at radius 3 is 2.74 bits per heavy atom. The Morgan fingerprint density at radius 2 is 2.07 bits per heavy atom. The van der Waals surface area contributed by atoms with E-state index < -0.39 is 10.0 Å². The lowest BCUT2D eigenvalue weighted by atomic mass is 9.98. The van der Waals surface area contributed by atoms with Crippen molar-refractivity contribution >= 4 is 15.9 Å². The average molecular weight is 389 g/mol. The Bertz CT molecular complexity index is 870. The second kappa shape index (κ2) is 8.49. The third-order valence-corrected chi connectivity index (χ3v) is 6.09. The predicted octanol–water partition coefficient (Wildman–Crippen LogP) is 1.92. The molecule has 0 aliphatic carbocycles. The number of carbonyl (C=O) groups excluding carboxylic acids is 1. The lowest BCUT2D eigenvalue weighted by molar-refractivity contribution is 0.0676. The van der Waals surface area contributed by atoms with E-state index in [0.29, 0.717) is 30.9 Å². The number of rotatable bonds is 6. The van der Waals surface area contributed by atoms with E-state index in [1.54, 1.807) is 41.6 Å². The zero-order chi connectivity index (χ0) is 19.3. The van der Waals surface area contributed by atoms with Crippen LogP contribution in [0.25, 0.3) is 0 Å². The number of pyridine rings is 1. The highest BCUT2D eigenvalue weighted by molar-refractivity contribution is 7.89. The van der Waals surface area contributed by atoms with Gasteiger partial charge in [0.1, 0.15) is 5.75 Å².